The van der Waals surface area contributed by atoms with E-state index in [-0.39, 0.29) is 138 Å². The van der Waals surface area contributed by atoms with E-state index in [0.717, 1.165) is 0 Å². The molecule has 0 saturated carbocycles. The minimum atomic E-state index is -1.20. The molecule has 0 aromatic heterocycles. The predicted molar refractivity (Wildman–Crippen MR) is 211 cm³/mol. The third-order valence-electron chi connectivity index (χ3n) is 7.40. The second kappa shape index (κ2) is 40.4. The Balaban J connectivity index is -0.000000189. The van der Waals surface area contributed by atoms with Crippen LogP contribution in [0.2, 0.25) is 0 Å². The molecule has 0 spiro atoms. The van der Waals surface area contributed by atoms with E-state index < -0.39 is 89.8 Å². The zero-order valence-corrected chi connectivity index (χ0v) is 48.3. The van der Waals surface area contributed by atoms with Gasteiger partial charge < -0.3 is 72.2 Å². The summed E-state index contributed by atoms with van der Waals surface area (Å²) in [5.41, 5.74) is -3.61. The third kappa shape index (κ3) is 39.0. The van der Waals surface area contributed by atoms with Crippen molar-refractivity contribution < 1.29 is 199 Å². The average Bonchev–Trinajstić information content (AvgIpc) is 3.20. The first-order valence-corrected chi connectivity index (χ1v) is 19.4. The smallest absolute Gasteiger partial charge is 0.461 e. The number of hydrogen-bond donors (Lipinski definition) is 3. The third-order valence-corrected chi connectivity index (χ3v) is 7.40. The molecule has 6 unspecified atom stereocenters. The molecule has 0 bridgehead atoms. The van der Waals surface area contributed by atoms with Crippen molar-refractivity contribution in [1.29, 1.82) is 0 Å². The van der Waals surface area contributed by atoms with Crippen molar-refractivity contribution in [2.45, 2.75) is 156 Å². The predicted octanol–water partition coefficient (Wildman–Crippen LogP) is 3.79. The van der Waals surface area contributed by atoms with Crippen molar-refractivity contribution >= 4 is 36.4 Å². The van der Waals surface area contributed by atoms with Crippen LogP contribution in [0, 0.1) is 0 Å². The van der Waals surface area contributed by atoms with Crippen LogP contribution in [0.15, 0.2) is 0 Å². The van der Waals surface area contributed by atoms with Gasteiger partial charge in [0.1, 0.15) is 39.6 Å². The topological polar surface area (TPSA) is 274 Å². The SMILES string of the molecule is CCC(O)COC(=O)C(C)(C)OC(C)COC(=O)OC.CCC(O)COC(=O)C(C)(C)OC(C)COC(=O)OC.CCC(O)COC(=O)C(C)(C)OC(C)COC(=O)OC.[Y].[Y].[Y]. The standard InChI is InChI=1S/3C13H24O7.3Y/c3*1-6-10(14)8-18-11(15)13(3,4)20-9(2)7-19-12(16)17-5;;;/h3*9-10,14H,6-8H2,1-5H3;;;. The summed E-state index contributed by atoms with van der Waals surface area (Å²) in [5.74, 6) is -1.76. The molecule has 0 aliphatic heterocycles. The molecule has 0 aliphatic carbocycles. The number of aliphatic hydroxyl groups is 3. The second-order valence-corrected chi connectivity index (χ2v) is 14.6. The van der Waals surface area contributed by atoms with Crippen LogP contribution in [-0.4, -0.2) is 166 Å². The molecule has 0 aromatic rings. The van der Waals surface area contributed by atoms with Gasteiger partial charge >= 0.3 is 36.4 Å². The van der Waals surface area contributed by atoms with Gasteiger partial charge in [-0.1, -0.05) is 20.8 Å². The van der Waals surface area contributed by atoms with E-state index >= 15 is 0 Å². The fourth-order valence-electron chi connectivity index (χ4n) is 3.88. The molecule has 0 saturated heterocycles. The maximum atomic E-state index is 11.8. The Morgan fingerprint density at radius 1 is 0.397 bits per heavy atom. The van der Waals surface area contributed by atoms with Crippen LogP contribution in [0.25, 0.3) is 0 Å². The number of aliphatic hydroxyl groups excluding tert-OH is 3. The Bertz CT molecular complexity index is 1110. The number of ether oxygens (including phenoxy) is 12. The van der Waals surface area contributed by atoms with Crippen LogP contribution in [0.3, 0.4) is 0 Å². The zero-order chi connectivity index (χ0) is 47.3. The molecule has 63 heavy (non-hydrogen) atoms. The summed E-state index contributed by atoms with van der Waals surface area (Å²) in [6.07, 6.45) is -4.52. The van der Waals surface area contributed by atoms with Gasteiger partial charge in [-0.15, -0.1) is 0 Å². The molecule has 0 heterocycles. The van der Waals surface area contributed by atoms with Gasteiger partial charge in [0.05, 0.1) is 58.0 Å². The molecule has 0 amide bonds. The first-order chi connectivity index (χ1) is 27.7. The first kappa shape index (κ1) is 73.8. The van der Waals surface area contributed by atoms with Crippen molar-refractivity contribution in [3.63, 3.8) is 0 Å². The Morgan fingerprint density at radius 2 is 0.587 bits per heavy atom. The fraction of sp³-hybridized carbons (Fsp3) is 0.846. The Kier molecular flexibility index (Phi) is 47.3. The quantitative estimate of drug-likeness (QED) is 0.0916. The van der Waals surface area contributed by atoms with Crippen molar-refractivity contribution in [1.82, 2.24) is 0 Å². The summed E-state index contributed by atoms with van der Waals surface area (Å²) in [6.45, 7) is 19.2. The van der Waals surface area contributed by atoms with E-state index in [1.165, 1.54) is 21.3 Å². The summed E-state index contributed by atoms with van der Waals surface area (Å²) < 4.78 is 58.4. The molecule has 0 fully saturated rings. The van der Waals surface area contributed by atoms with Gasteiger partial charge in [-0.05, 0) is 81.6 Å². The van der Waals surface area contributed by atoms with Gasteiger partial charge in [-0.25, -0.2) is 28.8 Å². The van der Waals surface area contributed by atoms with Crippen molar-refractivity contribution in [2.24, 2.45) is 0 Å². The first-order valence-electron chi connectivity index (χ1n) is 19.4. The summed E-state index contributed by atoms with van der Waals surface area (Å²) in [5, 5.41) is 28.0. The molecular formula is C39H72O21Y3. The minimum absolute atomic E-state index is 0. The maximum absolute atomic E-state index is 11.8. The number of esters is 3. The Hall–Kier alpha value is -0.708. The van der Waals surface area contributed by atoms with Crippen molar-refractivity contribution in [3.8, 4) is 0 Å². The summed E-state index contributed by atoms with van der Waals surface area (Å²) in [7, 11) is 3.61. The minimum Gasteiger partial charge on any atom is -0.461 e. The van der Waals surface area contributed by atoms with E-state index in [1.807, 2.05) is 0 Å². The second-order valence-electron chi connectivity index (χ2n) is 14.6. The van der Waals surface area contributed by atoms with Crippen molar-refractivity contribution in [2.75, 3.05) is 61.0 Å². The normalized spacial score (nSPS) is 13.6. The average molecular weight is 1140 g/mol. The summed E-state index contributed by atoms with van der Waals surface area (Å²) >= 11 is 0. The number of rotatable bonds is 24. The largest absolute Gasteiger partial charge is 0.508 e. The van der Waals surface area contributed by atoms with Crippen LogP contribution >= 0.6 is 0 Å². The molecule has 0 aromatic carbocycles. The molecule has 21 nitrogen and oxygen atoms in total. The molecule has 0 rings (SSSR count). The number of hydrogen-bond acceptors (Lipinski definition) is 21. The Labute approximate surface area is 447 Å². The van der Waals surface area contributed by atoms with Gasteiger partial charge in [0, 0.05) is 98.1 Å². The number of methoxy groups -OCH3 is 3. The fourth-order valence-corrected chi connectivity index (χ4v) is 3.88. The van der Waals surface area contributed by atoms with Crippen molar-refractivity contribution in [3.05, 3.63) is 0 Å². The van der Waals surface area contributed by atoms with Gasteiger partial charge in [-0.2, -0.15) is 0 Å². The summed E-state index contributed by atoms with van der Waals surface area (Å²) in [6, 6.07) is 0. The van der Waals surface area contributed by atoms with E-state index in [2.05, 4.69) is 14.2 Å². The number of carbonyl (C=O) groups is 6. The van der Waals surface area contributed by atoms with Crippen LogP contribution < -0.4 is 0 Å². The van der Waals surface area contributed by atoms with Crippen LogP contribution in [0.4, 0.5) is 14.4 Å². The number of carbonyl (C=O) groups excluding carboxylic acids is 6. The van der Waals surface area contributed by atoms with E-state index in [4.69, 9.17) is 42.6 Å². The molecule has 363 valence electrons. The summed E-state index contributed by atoms with van der Waals surface area (Å²) in [4.78, 5) is 67.9. The zero-order valence-electron chi connectivity index (χ0n) is 39.8. The van der Waals surface area contributed by atoms with Gasteiger partial charge in [0.15, 0.2) is 16.8 Å². The van der Waals surface area contributed by atoms with E-state index in [1.54, 1.807) is 83.1 Å². The molecule has 24 heteroatoms. The van der Waals surface area contributed by atoms with Crippen LogP contribution in [0.5, 0.6) is 0 Å². The van der Waals surface area contributed by atoms with Crippen LogP contribution in [-0.2, 0) is 169 Å². The maximum Gasteiger partial charge on any atom is 0.508 e. The van der Waals surface area contributed by atoms with Crippen LogP contribution in [0.1, 0.15) is 102 Å². The van der Waals surface area contributed by atoms with E-state index in [0.29, 0.717) is 19.3 Å². The molecule has 0 aliphatic rings. The molecule has 3 N–H and O–H groups in total. The molecule has 6 atom stereocenters. The van der Waals surface area contributed by atoms with Gasteiger partial charge in [0.25, 0.3) is 0 Å². The van der Waals surface area contributed by atoms with E-state index in [9.17, 15) is 44.1 Å². The Morgan fingerprint density at radius 3 is 0.746 bits per heavy atom. The monoisotopic (exact) mass is 1140 g/mol. The molecule has 3 radical (unpaired) electrons. The van der Waals surface area contributed by atoms with Gasteiger partial charge in [0.2, 0.25) is 0 Å². The molecular weight excluding hydrogens is 1070 g/mol. The van der Waals surface area contributed by atoms with Gasteiger partial charge in [-0.3, -0.25) is 0 Å².